The van der Waals surface area contributed by atoms with E-state index >= 15 is 0 Å². The van der Waals surface area contributed by atoms with E-state index in [4.69, 9.17) is 4.74 Å². The SMILES string of the molecule is C=C(F)/C(=C\C=C/C)c1cnc2c(ncn2COCC[Si](C)(C)C)n1. The number of nitrogens with zero attached hydrogens (tertiary/aromatic N) is 4. The summed E-state index contributed by atoms with van der Waals surface area (Å²) in [5.74, 6) is -0.555. The smallest absolute Gasteiger partial charge is 0.198 e. The number of hydrogen-bond acceptors (Lipinski definition) is 4. The summed E-state index contributed by atoms with van der Waals surface area (Å²) in [6, 6.07) is 1.10. The molecule has 0 N–H and O–H groups in total. The normalized spacial score (nSPS) is 13.1. The van der Waals surface area contributed by atoms with Crippen molar-refractivity contribution >= 4 is 24.9 Å². The van der Waals surface area contributed by atoms with E-state index in [2.05, 4.69) is 41.2 Å². The van der Waals surface area contributed by atoms with Crippen LogP contribution in [0.3, 0.4) is 0 Å². The first-order valence-corrected chi connectivity index (χ1v) is 12.0. The van der Waals surface area contributed by atoms with Crippen LogP contribution in [0.4, 0.5) is 4.39 Å². The maximum absolute atomic E-state index is 13.7. The van der Waals surface area contributed by atoms with Gasteiger partial charge in [-0.05, 0) is 13.0 Å². The molecule has 0 saturated heterocycles. The largest absolute Gasteiger partial charge is 0.361 e. The maximum Gasteiger partial charge on any atom is 0.198 e. The van der Waals surface area contributed by atoms with Gasteiger partial charge < -0.3 is 4.74 Å². The average molecular weight is 361 g/mol. The fraction of sp³-hybridized carbons (Fsp3) is 0.389. The van der Waals surface area contributed by atoms with Crippen LogP contribution in [0, 0.1) is 0 Å². The second-order valence-electron chi connectivity index (χ2n) is 6.98. The number of allylic oxidation sites excluding steroid dienone is 5. The van der Waals surface area contributed by atoms with Crippen LogP contribution < -0.4 is 0 Å². The standard InChI is InChI=1S/C18H25FN4OSi/c1-6-7-8-15(14(2)19)16-11-20-18-17(22-16)21-12-23(18)13-24-9-10-25(3,4)5/h6-8,11-12H,2,9-10,13H2,1,3-5H3/b7-6-,15-8+. The molecule has 0 aliphatic carbocycles. The summed E-state index contributed by atoms with van der Waals surface area (Å²) in [7, 11) is -1.11. The lowest BCUT2D eigenvalue weighted by Gasteiger charge is -2.15. The Kier molecular flexibility index (Phi) is 6.38. The molecule has 0 aromatic carbocycles. The van der Waals surface area contributed by atoms with Crippen LogP contribution in [-0.4, -0.2) is 34.2 Å². The number of rotatable bonds is 8. The van der Waals surface area contributed by atoms with Crippen molar-refractivity contribution < 1.29 is 9.13 Å². The summed E-state index contributed by atoms with van der Waals surface area (Å²) in [5, 5.41) is 0. The van der Waals surface area contributed by atoms with E-state index in [1.165, 1.54) is 6.20 Å². The molecule has 5 nitrogen and oxygen atoms in total. The minimum Gasteiger partial charge on any atom is -0.361 e. The number of halogens is 1. The summed E-state index contributed by atoms with van der Waals surface area (Å²) < 4.78 is 21.2. The summed E-state index contributed by atoms with van der Waals surface area (Å²) in [5.41, 5.74) is 1.78. The van der Waals surface area contributed by atoms with Crippen molar-refractivity contribution in [2.45, 2.75) is 39.3 Å². The molecule has 0 saturated carbocycles. The number of fused-ring (bicyclic) bond motifs is 1. The fourth-order valence-corrected chi connectivity index (χ4v) is 2.87. The van der Waals surface area contributed by atoms with Gasteiger partial charge >= 0.3 is 0 Å². The number of imidazole rings is 1. The van der Waals surface area contributed by atoms with Gasteiger partial charge in [0.25, 0.3) is 0 Å². The number of ether oxygens (including phenoxy) is 1. The van der Waals surface area contributed by atoms with Crippen molar-refractivity contribution in [2.24, 2.45) is 0 Å². The van der Waals surface area contributed by atoms with Gasteiger partial charge in [0.15, 0.2) is 11.3 Å². The monoisotopic (exact) mass is 360 g/mol. The van der Waals surface area contributed by atoms with Gasteiger partial charge in [0, 0.05) is 20.3 Å². The molecule has 2 heterocycles. The zero-order valence-corrected chi connectivity index (χ0v) is 16.3. The topological polar surface area (TPSA) is 52.8 Å². The lowest BCUT2D eigenvalue weighted by molar-refractivity contribution is 0.0895. The molecular formula is C18H25FN4OSi. The first-order valence-electron chi connectivity index (χ1n) is 8.25. The highest BCUT2D eigenvalue weighted by molar-refractivity contribution is 6.76. The summed E-state index contributed by atoms with van der Waals surface area (Å²) in [6.45, 7) is 13.3. The van der Waals surface area contributed by atoms with Crippen LogP contribution >= 0.6 is 0 Å². The average Bonchev–Trinajstić information content (AvgIpc) is 2.93. The van der Waals surface area contributed by atoms with E-state index < -0.39 is 13.9 Å². The molecule has 2 rings (SSSR count). The van der Waals surface area contributed by atoms with Crippen molar-refractivity contribution in [3.63, 3.8) is 0 Å². The van der Waals surface area contributed by atoms with Crippen LogP contribution in [0.1, 0.15) is 12.6 Å². The molecule has 134 valence electrons. The molecule has 0 atom stereocenters. The van der Waals surface area contributed by atoms with Gasteiger partial charge in [-0.25, -0.2) is 19.3 Å². The predicted octanol–water partition coefficient (Wildman–Crippen LogP) is 4.58. The van der Waals surface area contributed by atoms with Gasteiger partial charge in [-0.15, -0.1) is 0 Å². The first kappa shape index (κ1) is 19.2. The molecule has 0 fully saturated rings. The molecule has 7 heteroatoms. The van der Waals surface area contributed by atoms with Gasteiger partial charge in [0.2, 0.25) is 0 Å². The van der Waals surface area contributed by atoms with Gasteiger partial charge in [-0.3, -0.25) is 4.57 Å². The van der Waals surface area contributed by atoms with Crippen molar-refractivity contribution in [2.75, 3.05) is 6.61 Å². The first-order chi connectivity index (χ1) is 11.8. The minimum absolute atomic E-state index is 0.299. The Morgan fingerprint density at radius 3 is 2.76 bits per heavy atom. The molecule has 2 aromatic heterocycles. The van der Waals surface area contributed by atoms with Gasteiger partial charge in [0.1, 0.15) is 18.9 Å². The molecule has 2 aromatic rings. The van der Waals surface area contributed by atoms with E-state index in [1.807, 2.05) is 6.92 Å². The molecule has 0 aliphatic rings. The number of aromatic nitrogens is 4. The molecule has 0 aliphatic heterocycles. The summed E-state index contributed by atoms with van der Waals surface area (Å²) in [6.07, 6.45) is 8.33. The lowest BCUT2D eigenvalue weighted by Crippen LogP contribution is -2.22. The fourth-order valence-electron chi connectivity index (χ4n) is 2.11. The Labute approximate surface area is 149 Å². The minimum atomic E-state index is -1.11. The predicted molar refractivity (Wildman–Crippen MR) is 102 cm³/mol. The Hall–Kier alpha value is -2.12. The molecule has 0 amide bonds. The van der Waals surface area contributed by atoms with E-state index in [-0.39, 0.29) is 0 Å². The Balaban J connectivity index is 2.16. The summed E-state index contributed by atoms with van der Waals surface area (Å²) >= 11 is 0. The molecular weight excluding hydrogens is 335 g/mol. The maximum atomic E-state index is 13.7. The van der Waals surface area contributed by atoms with Crippen LogP contribution in [-0.2, 0) is 11.5 Å². The molecule has 0 spiro atoms. The van der Waals surface area contributed by atoms with Gasteiger partial charge in [0.05, 0.1) is 11.9 Å². The van der Waals surface area contributed by atoms with E-state index in [1.54, 1.807) is 29.1 Å². The van der Waals surface area contributed by atoms with Crippen molar-refractivity contribution in [1.29, 1.82) is 0 Å². The Morgan fingerprint density at radius 1 is 1.36 bits per heavy atom. The third-order valence-corrected chi connectivity index (χ3v) is 5.28. The molecule has 25 heavy (non-hydrogen) atoms. The highest BCUT2D eigenvalue weighted by Crippen LogP contribution is 2.22. The molecule has 0 unspecified atom stereocenters. The highest BCUT2D eigenvalue weighted by atomic mass is 28.3. The summed E-state index contributed by atoms with van der Waals surface area (Å²) in [4.78, 5) is 13.0. The zero-order chi connectivity index (χ0) is 18.4. The van der Waals surface area contributed by atoms with E-state index in [9.17, 15) is 4.39 Å². The van der Waals surface area contributed by atoms with Crippen LogP contribution in [0.5, 0.6) is 0 Å². The van der Waals surface area contributed by atoms with Gasteiger partial charge in [-0.1, -0.05) is 44.4 Å². The Bertz CT molecular complexity index is 805. The van der Waals surface area contributed by atoms with E-state index in [0.29, 0.717) is 29.3 Å². The third kappa shape index (κ3) is 5.44. The van der Waals surface area contributed by atoms with E-state index in [0.717, 1.165) is 12.7 Å². The van der Waals surface area contributed by atoms with Crippen LogP contribution in [0.25, 0.3) is 16.9 Å². The molecule has 0 radical (unpaired) electrons. The Morgan fingerprint density at radius 2 is 2.12 bits per heavy atom. The number of hydrogen-bond donors (Lipinski definition) is 0. The van der Waals surface area contributed by atoms with Gasteiger partial charge in [-0.2, -0.15) is 0 Å². The highest BCUT2D eigenvalue weighted by Gasteiger charge is 2.14. The van der Waals surface area contributed by atoms with Crippen molar-refractivity contribution in [1.82, 2.24) is 19.5 Å². The van der Waals surface area contributed by atoms with Crippen LogP contribution in [0.2, 0.25) is 25.7 Å². The second-order valence-corrected chi connectivity index (χ2v) is 12.6. The molecule has 0 bridgehead atoms. The van der Waals surface area contributed by atoms with Crippen molar-refractivity contribution in [3.05, 3.63) is 48.9 Å². The second kappa shape index (κ2) is 8.31. The lowest BCUT2D eigenvalue weighted by atomic mass is 10.1. The van der Waals surface area contributed by atoms with Crippen molar-refractivity contribution in [3.8, 4) is 0 Å². The quantitative estimate of drug-likeness (QED) is 0.393. The zero-order valence-electron chi connectivity index (χ0n) is 15.3. The third-order valence-electron chi connectivity index (χ3n) is 3.58. The van der Waals surface area contributed by atoms with Crippen LogP contribution in [0.15, 0.2) is 43.2 Å².